The van der Waals surface area contributed by atoms with Crippen molar-refractivity contribution >= 4 is 45.7 Å². The van der Waals surface area contributed by atoms with Gasteiger partial charge in [-0.1, -0.05) is 25.1 Å². The van der Waals surface area contributed by atoms with E-state index < -0.39 is 23.7 Å². The zero-order valence-corrected chi connectivity index (χ0v) is 19.2. The van der Waals surface area contributed by atoms with Gasteiger partial charge in [0.25, 0.3) is 17.7 Å². The Labute approximate surface area is 195 Å². The van der Waals surface area contributed by atoms with E-state index in [9.17, 15) is 19.2 Å². The van der Waals surface area contributed by atoms with Gasteiger partial charge in [0, 0.05) is 10.4 Å². The maximum atomic E-state index is 13.1. The number of nitrogens with one attached hydrogen (secondary N) is 1. The fourth-order valence-corrected chi connectivity index (χ4v) is 4.64. The van der Waals surface area contributed by atoms with Crippen molar-refractivity contribution in [2.75, 3.05) is 16.8 Å². The van der Waals surface area contributed by atoms with Crippen molar-refractivity contribution in [2.45, 2.75) is 27.2 Å². The molecule has 8 heteroatoms. The van der Waals surface area contributed by atoms with E-state index in [0.717, 1.165) is 15.3 Å². The largest absolute Gasteiger partial charge is 0.462 e. The Bertz CT molecular complexity index is 1290. The van der Waals surface area contributed by atoms with Gasteiger partial charge in [0.1, 0.15) is 5.00 Å². The van der Waals surface area contributed by atoms with Crippen LogP contribution in [0.2, 0.25) is 0 Å². The number of thiophene rings is 1. The second-order valence-corrected chi connectivity index (χ2v) is 8.61. The Balaban J connectivity index is 1.63. The van der Waals surface area contributed by atoms with Crippen molar-refractivity contribution in [1.82, 2.24) is 0 Å². The minimum atomic E-state index is -0.507. The van der Waals surface area contributed by atoms with Gasteiger partial charge in [-0.25, -0.2) is 9.69 Å². The molecule has 168 valence electrons. The van der Waals surface area contributed by atoms with Crippen LogP contribution in [0.1, 0.15) is 65.7 Å². The van der Waals surface area contributed by atoms with E-state index in [1.54, 1.807) is 25.1 Å². The molecule has 0 aliphatic carbocycles. The molecule has 0 atom stereocenters. The van der Waals surface area contributed by atoms with Crippen molar-refractivity contribution in [2.24, 2.45) is 0 Å². The molecule has 33 heavy (non-hydrogen) atoms. The topological polar surface area (TPSA) is 92.8 Å². The van der Waals surface area contributed by atoms with Crippen LogP contribution in [0.5, 0.6) is 0 Å². The summed E-state index contributed by atoms with van der Waals surface area (Å²) in [4.78, 5) is 53.3. The van der Waals surface area contributed by atoms with Crippen LogP contribution in [-0.2, 0) is 11.2 Å². The van der Waals surface area contributed by atoms with Gasteiger partial charge in [-0.3, -0.25) is 14.4 Å². The first-order chi connectivity index (χ1) is 15.8. The number of para-hydroxylation sites is 1. The van der Waals surface area contributed by atoms with E-state index in [1.807, 2.05) is 26.0 Å². The summed E-state index contributed by atoms with van der Waals surface area (Å²) < 4.78 is 5.09. The lowest BCUT2D eigenvalue weighted by Gasteiger charge is -2.16. The second kappa shape index (κ2) is 8.99. The van der Waals surface area contributed by atoms with Gasteiger partial charge in [0.15, 0.2) is 0 Å². The highest BCUT2D eigenvalue weighted by atomic mass is 32.1. The van der Waals surface area contributed by atoms with E-state index in [2.05, 4.69) is 5.32 Å². The fraction of sp³-hybridized carbons (Fsp3) is 0.200. The third-order valence-electron chi connectivity index (χ3n) is 5.36. The molecule has 1 aliphatic heterocycles. The fourth-order valence-electron chi connectivity index (χ4n) is 3.66. The molecule has 0 radical (unpaired) electrons. The Hall–Kier alpha value is -3.78. The molecule has 0 spiro atoms. The van der Waals surface area contributed by atoms with E-state index in [0.29, 0.717) is 22.7 Å². The highest BCUT2D eigenvalue weighted by Gasteiger charge is 2.37. The molecule has 0 fully saturated rings. The highest BCUT2D eigenvalue weighted by molar-refractivity contribution is 7.16. The summed E-state index contributed by atoms with van der Waals surface area (Å²) >= 11 is 1.30. The first kappa shape index (κ1) is 22.4. The molecule has 2 aromatic carbocycles. The van der Waals surface area contributed by atoms with Crippen LogP contribution in [0.25, 0.3) is 0 Å². The van der Waals surface area contributed by atoms with E-state index in [-0.39, 0.29) is 23.3 Å². The molecule has 0 saturated carbocycles. The average Bonchev–Trinajstić information content (AvgIpc) is 3.33. The lowest BCUT2D eigenvalue weighted by molar-refractivity contribution is 0.0527. The number of carbonyl (C=O) groups excluding carboxylic acids is 4. The minimum Gasteiger partial charge on any atom is -0.462 e. The number of hydrogen-bond donors (Lipinski definition) is 1. The Morgan fingerprint density at radius 2 is 1.73 bits per heavy atom. The number of carbonyl (C=O) groups is 4. The molecule has 3 amide bonds. The molecule has 1 aliphatic rings. The third-order valence-corrected chi connectivity index (χ3v) is 6.55. The van der Waals surface area contributed by atoms with Crippen LogP contribution in [-0.4, -0.2) is 30.3 Å². The summed E-state index contributed by atoms with van der Waals surface area (Å²) in [6.07, 6.45) is 0.705. The average molecular weight is 463 g/mol. The summed E-state index contributed by atoms with van der Waals surface area (Å²) in [5, 5.41) is 3.15. The molecule has 4 rings (SSSR count). The Morgan fingerprint density at radius 1 is 1.00 bits per heavy atom. The second-order valence-electron chi connectivity index (χ2n) is 7.48. The smallest absolute Gasteiger partial charge is 0.341 e. The number of ether oxygens (including phenoxy) is 1. The van der Waals surface area contributed by atoms with Gasteiger partial charge >= 0.3 is 5.97 Å². The van der Waals surface area contributed by atoms with Crippen LogP contribution in [0.3, 0.4) is 0 Å². The van der Waals surface area contributed by atoms with Crippen molar-refractivity contribution in [3.8, 4) is 0 Å². The lowest BCUT2D eigenvalue weighted by atomic mass is 10.1. The van der Waals surface area contributed by atoms with Crippen LogP contribution in [0.15, 0.2) is 48.5 Å². The quantitative estimate of drug-likeness (QED) is 0.418. The molecular formula is C25H22N2O5S. The normalized spacial score (nSPS) is 12.6. The number of anilines is 2. The van der Waals surface area contributed by atoms with Crippen LogP contribution >= 0.6 is 11.3 Å². The minimum absolute atomic E-state index is 0.168. The van der Waals surface area contributed by atoms with E-state index in [1.165, 1.54) is 29.5 Å². The predicted octanol–water partition coefficient (Wildman–Crippen LogP) is 4.85. The van der Waals surface area contributed by atoms with E-state index >= 15 is 0 Å². The monoisotopic (exact) mass is 462 g/mol. The van der Waals surface area contributed by atoms with Gasteiger partial charge in [-0.2, -0.15) is 0 Å². The number of amides is 3. The SMILES string of the molecule is CCOC(=O)c1cc(CC)sc1NC(=O)c1ccc2c(c1)C(=O)N(c1ccccc1C)C2=O. The first-order valence-electron chi connectivity index (χ1n) is 10.5. The van der Waals surface area contributed by atoms with Crippen molar-refractivity contribution in [1.29, 1.82) is 0 Å². The molecule has 0 unspecified atom stereocenters. The maximum Gasteiger partial charge on any atom is 0.341 e. The van der Waals surface area contributed by atoms with Crippen molar-refractivity contribution in [3.05, 3.63) is 81.2 Å². The molecule has 0 bridgehead atoms. The van der Waals surface area contributed by atoms with Crippen LogP contribution < -0.4 is 10.2 Å². The number of esters is 1. The zero-order valence-electron chi connectivity index (χ0n) is 18.4. The molecule has 3 aromatic rings. The third kappa shape index (κ3) is 4.05. The Kier molecular flexibility index (Phi) is 6.11. The molecule has 1 N–H and O–H groups in total. The van der Waals surface area contributed by atoms with Gasteiger partial charge in [-0.05, 0) is 56.2 Å². The van der Waals surface area contributed by atoms with Gasteiger partial charge < -0.3 is 10.1 Å². The molecule has 2 heterocycles. The van der Waals surface area contributed by atoms with Gasteiger partial charge in [0.2, 0.25) is 0 Å². The Morgan fingerprint density at radius 3 is 2.42 bits per heavy atom. The zero-order chi connectivity index (χ0) is 23.7. The van der Waals surface area contributed by atoms with Crippen LogP contribution in [0, 0.1) is 6.92 Å². The number of nitrogens with zero attached hydrogens (tertiary/aromatic N) is 1. The lowest BCUT2D eigenvalue weighted by Crippen LogP contribution is -2.29. The standard InChI is InChI=1S/C25H22N2O5S/c1-4-16-13-19(25(31)32-5-2)22(33-16)26-21(28)15-10-11-17-18(12-15)24(30)27(23(17)29)20-9-7-6-8-14(20)3/h6-13H,4-5H2,1-3H3,(H,26,28). The first-order valence-corrected chi connectivity index (χ1v) is 11.4. The molecule has 7 nitrogen and oxygen atoms in total. The number of benzene rings is 2. The number of hydrogen-bond acceptors (Lipinski definition) is 6. The van der Waals surface area contributed by atoms with Crippen LogP contribution in [0.4, 0.5) is 10.7 Å². The van der Waals surface area contributed by atoms with Crippen molar-refractivity contribution in [3.63, 3.8) is 0 Å². The summed E-state index contributed by atoms with van der Waals surface area (Å²) in [6.45, 7) is 5.72. The maximum absolute atomic E-state index is 13.1. The number of imide groups is 1. The summed E-state index contributed by atoms with van der Waals surface area (Å²) in [5.41, 5.74) is 2.23. The van der Waals surface area contributed by atoms with Crippen molar-refractivity contribution < 1.29 is 23.9 Å². The summed E-state index contributed by atoms with van der Waals surface area (Å²) in [7, 11) is 0. The molecule has 1 aromatic heterocycles. The van der Waals surface area contributed by atoms with Gasteiger partial charge in [0.05, 0.1) is 29.0 Å². The molecular weight excluding hydrogens is 440 g/mol. The number of rotatable bonds is 6. The molecule has 0 saturated heterocycles. The highest BCUT2D eigenvalue weighted by Crippen LogP contribution is 2.32. The number of fused-ring (bicyclic) bond motifs is 1. The summed E-state index contributed by atoms with van der Waals surface area (Å²) in [6, 6.07) is 13.2. The predicted molar refractivity (Wildman–Crippen MR) is 126 cm³/mol. The van der Waals surface area contributed by atoms with E-state index in [4.69, 9.17) is 4.74 Å². The number of aryl methyl sites for hydroxylation is 2. The van der Waals surface area contributed by atoms with Gasteiger partial charge in [-0.15, -0.1) is 11.3 Å². The summed E-state index contributed by atoms with van der Waals surface area (Å²) in [5.74, 6) is -1.89.